The highest BCUT2D eigenvalue weighted by atomic mass is 32.2. The van der Waals surface area contributed by atoms with Crippen molar-refractivity contribution in [3.8, 4) is 0 Å². The molecule has 0 aliphatic carbocycles. The van der Waals surface area contributed by atoms with Gasteiger partial charge in [-0.2, -0.15) is 0 Å². The maximum atomic E-state index is 10.9. The fourth-order valence-corrected chi connectivity index (χ4v) is 0.715. The summed E-state index contributed by atoms with van der Waals surface area (Å²) in [6, 6.07) is 0. The van der Waals surface area contributed by atoms with Crippen LogP contribution in [0.3, 0.4) is 0 Å². The molecule has 0 aromatic rings. The van der Waals surface area contributed by atoms with Gasteiger partial charge in [0, 0.05) is 6.92 Å². The maximum absolute atomic E-state index is 10.9. The maximum Gasteiger partial charge on any atom is 0.147 e. The third-order valence-electron chi connectivity index (χ3n) is 0.674. The summed E-state index contributed by atoms with van der Waals surface area (Å²) in [6.07, 6.45) is 1.53. The molecule has 0 aromatic heterocycles. The van der Waals surface area contributed by atoms with Gasteiger partial charge < -0.3 is 4.55 Å². The van der Waals surface area contributed by atoms with E-state index in [4.69, 9.17) is 0 Å². The molecule has 0 amide bonds. The molecule has 9 heavy (non-hydrogen) atoms. The zero-order chi connectivity index (χ0) is 7.49. The van der Waals surface area contributed by atoms with Crippen molar-refractivity contribution in [1.82, 2.24) is 0 Å². The lowest BCUT2D eigenvalue weighted by atomic mass is 10.3. The first-order chi connectivity index (χ1) is 3.98. The number of hydrogen-bond donors (Lipinski definition) is 0. The third-order valence-corrected chi connectivity index (χ3v) is 2.02. The minimum Gasteiger partial charge on any atom is -0.591 e. The van der Waals surface area contributed by atoms with Crippen molar-refractivity contribution in [2.75, 3.05) is 0 Å². The molecule has 53 valence electrons. The van der Waals surface area contributed by atoms with Gasteiger partial charge in [-0.15, -0.1) is 0 Å². The molecule has 0 saturated carbocycles. The minimum absolute atomic E-state index is 0.466. The van der Waals surface area contributed by atoms with Crippen LogP contribution < -0.4 is 0 Å². The van der Waals surface area contributed by atoms with Crippen molar-refractivity contribution < 1.29 is 4.55 Å². The third kappa shape index (κ3) is 3.54. The quantitative estimate of drug-likeness (QED) is 0.428. The zero-order valence-electron chi connectivity index (χ0n) is 6.05. The van der Waals surface area contributed by atoms with Gasteiger partial charge in [0.2, 0.25) is 0 Å². The largest absolute Gasteiger partial charge is 0.591 e. The molecule has 0 fully saturated rings. The molecule has 0 rings (SSSR count). The summed E-state index contributed by atoms with van der Waals surface area (Å²) < 4.78 is 14.1. The molecule has 0 spiro atoms. The number of rotatable bonds is 2. The lowest BCUT2D eigenvalue weighted by Gasteiger charge is -2.17. The van der Waals surface area contributed by atoms with Gasteiger partial charge in [-0.3, -0.25) is 0 Å². The lowest BCUT2D eigenvalue weighted by Crippen LogP contribution is -2.26. The molecular formula is C6H12NOS. The molecule has 2 nitrogen and oxygen atoms in total. The van der Waals surface area contributed by atoms with Crippen molar-refractivity contribution in [3.05, 3.63) is 6.92 Å². The van der Waals surface area contributed by atoms with E-state index in [-0.39, 0.29) is 0 Å². The number of nitrogens with zero attached hydrogens (tertiary/aromatic N) is 1. The predicted molar refractivity (Wildman–Crippen MR) is 41.7 cm³/mol. The summed E-state index contributed by atoms with van der Waals surface area (Å²) in [4.78, 5) is 0. The minimum atomic E-state index is -1.18. The van der Waals surface area contributed by atoms with E-state index in [1.54, 1.807) is 20.8 Å². The first-order valence-corrected chi connectivity index (χ1v) is 3.85. The van der Waals surface area contributed by atoms with Gasteiger partial charge in [0.25, 0.3) is 0 Å². The van der Waals surface area contributed by atoms with Gasteiger partial charge in [-0.1, -0.05) is 4.40 Å². The first kappa shape index (κ1) is 8.98. The fraction of sp³-hybridized carbons (Fsp3) is 0.667. The molecule has 3 heteroatoms. The molecule has 0 aromatic carbocycles. The second kappa shape index (κ2) is 3.22. The van der Waals surface area contributed by atoms with E-state index in [0.29, 0.717) is 0 Å². The van der Waals surface area contributed by atoms with Gasteiger partial charge >= 0.3 is 0 Å². The Kier molecular flexibility index (Phi) is 3.22. The van der Waals surface area contributed by atoms with Crippen molar-refractivity contribution in [2.45, 2.75) is 25.5 Å². The summed E-state index contributed by atoms with van der Waals surface area (Å²) >= 11 is -1.18. The highest BCUT2D eigenvalue weighted by Crippen LogP contribution is 2.15. The van der Waals surface area contributed by atoms with Crippen LogP contribution in [0, 0.1) is 6.92 Å². The Balaban J connectivity index is 3.88. The van der Waals surface area contributed by atoms with E-state index in [1.165, 1.54) is 6.21 Å². The Morgan fingerprint density at radius 3 is 2.22 bits per heavy atom. The van der Waals surface area contributed by atoms with Crippen LogP contribution >= 0.6 is 0 Å². The molecular weight excluding hydrogens is 134 g/mol. The van der Waals surface area contributed by atoms with Crippen LogP contribution in [0.2, 0.25) is 0 Å². The van der Waals surface area contributed by atoms with Gasteiger partial charge in [0.15, 0.2) is 0 Å². The normalized spacial score (nSPS) is 16.6. The van der Waals surface area contributed by atoms with Gasteiger partial charge in [-0.05, 0) is 20.8 Å². The van der Waals surface area contributed by atoms with Crippen LogP contribution in [0.1, 0.15) is 20.8 Å². The monoisotopic (exact) mass is 146 g/mol. The summed E-state index contributed by atoms with van der Waals surface area (Å²) in [5.74, 6) is 0. The van der Waals surface area contributed by atoms with Crippen LogP contribution in [-0.4, -0.2) is 15.5 Å². The van der Waals surface area contributed by atoms with Gasteiger partial charge in [0.1, 0.15) is 16.1 Å². The van der Waals surface area contributed by atoms with Crippen LogP contribution in [0.25, 0.3) is 0 Å². The van der Waals surface area contributed by atoms with E-state index in [0.717, 1.165) is 0 Å². The Morgan fingerprint density at radius 2 is 2.11 bits per heavy atom. The summed E-state index contributed by atoms with van der Waals surface area (Å²) in [7, 11) is 0. The lowest BCUT2D eigenvalue weighted by molar-refractivity contribution is 0.573. The number of hydrogen-bond acceptors (Lipinski definition) is 2. The van der Waals surface area contributed by atoms with E-state index in [9.17, 15) is 4.55 Å². The van der Waals surface area contributed by atoms with Gasteiger partial charge in [0.05, 0.1) is 6.21 Å². The molecule has 0 N–H and O–H groups in total. The smallest absolute Gasteiger partial charge is 0.147 e. The van der Waals surface area contributed by atoms with E-state index in [2.05, 4.69) is 11.3 Å². The van der Waals surface area contributed by atoms with Crippen LogP contribution in [0.5, 0.6) is 0 Å². The second-order valence-corrected chi connectivity index (χ2v) is 4.19. The summed E-state index contributed by atoms with van der Waals surface area (Å²) in [5.41, 5.74) is 0. The molecule has 1 radical (unpaired) electrons. The average Bonchev–Trinajstić information content (AvgIpc) is 1.64. The molecule has 1 atom stereocenters. The SMILES string of the molecule is [CH2]C(C)(C)[S+]([O-])N=CC. The Bertz CT molecular complexity index is 106. The Hall–Kier alpha value is -0.0200. The highest BCUT2D eigenvalue weighted by Gasteiger charge is 2.25. The molecule has 0 aliphatic heterocycles. The zero-order valence-corrected chi connectivity index (χ0v) is 6.86. The summed E-state index contributed by atoms with van der Waals surface area (Å²) in [5, 5.41) is 0. The highest BCUT2D eigenvalue weighted by molar-refractivity contribution is 7.91. The van der Waals surface area contributed by atoms with Crippen molar-refractivity contribution in [1.29, 1.82) is 0 Å². The topological polar surface area (TPSA) is 35.4 Å². The first-order valence-electron chi connectivity index (χ1n) is 2.74. The molecule has 0 heterocycles. The predicted octanol–water partition coefficient (Wildman–Crippen LogP) is 1.35. The van der Waals surface area contributed by atoms with E-state index in [1.807, 2.05) is 0 Å². The Labute approximate surface area is 59.7 Å². The standard InChI is InChI=1S/C6H12NOS/c1-5-7-9(8)6(2,3)4/h5H,2H2,1,3-4H3. The molecule has 0 saturated heterocycles. The Morgan fingerprint density at radius 1 is 1.67 bits per heavy atom. The van der Waals surface area contributed by atoms with Crippen molar-refractivity contribution >= 4 is 17.6 Å². The molecule has 0 bridgehead atoms. The molecule has 1 unspecified atom stereocenters. The van der Waals surface area contributed by atoms with E-state index < -0.39 is 16.1 Å². The molecule has 0 aliphatic rings. The van der Waals surface area contributed by atoms with Gasteiger partial charge in [-0.25, -0.2) is 0 Å². The van der Waals surface area contributed by atoms with Crippen molar-refractivity contribution in [2.24, 2.45) is 4.40 Å². The second-order valence-electron chi connectivity index (χ2n) is 2.37. The fourth-order valence-electron chi connectivity index (χ4n) is 0.238. The van der Waals surface area contributed by atoms with Crippen LogP contribution in [-0.2, 0) is 11.4 Å². The van der Waals surface area contributed by atoms with Crippen LogP contribution in [0.15, 0.2) is 4.40 Å². The van der Waals surface area contributed by atoms with Crippen molar-refractivity contribution in [3.63, 3.8) is 0 Å². The summed E-state index contributed by atoms with van der Waals surface area (Å²) in [6.45, 7) is 8.99. The average molecular weight is 146 g/mol. The van der Waals surface area contributed by atoms with Crippen LogP contribution in [0.4, 0.5) is 0 Å². The van der Waals surface area contributed by atoms with E-state index >= 15 is 0 Å².